The number of hydrogen-bond donors (Lipinski definition) is 2. The van der Waals surface area contributed by atoms with Crippen molar-refractivity contribution in [2.24, 2.45) is 11.7 Å². The largest absolute Gasteiger partial charge is 0.393 e. The monoisotopic (exact) mass is 143 g/mol. The maximum absolute atomic E-state index is 9.35. The normalized spacial score (nSPS) is 42.9. The maximum Gasteiger partial charge on any atom is 0.0557 e. The van der Waals surface area contributed by atoms with Crippen LogP contribution < -0.4 is 5.73 Å². The Morgan fingerprint density at radius 2 is 2.00 bits per heavy atom. The number of nitrogens with two attached hydrogens (primary N) is 1. The third-order valence-electron chi connectivity index (χ3n) is 2.28. The van der Waals surface area contributed by atoms with Crippen LogP contribution in [-0.2, 0) is 0 Å². The minimum absolute atomic E-state index is 0.146. The van der Waals surface area contributed by atoms with Crippen LogP contribution in [0.2, 0.25) is 0 Å². The van der Waals surface area contributed by atoms with E-state index in [1.54, 1.807) is 0 Å². The Hall–Kier alpha value is -0.0800. The molecule has 3 atom stereocenters. The van der Waals surface area contributed by atoms with Crippen molar-refractivity contribution in [3.05, 3.63) is 0 Å². The van der Waals surface area contributed by atoms with Gasteiger partial charge in [-0.15, -0.1) is 0 Å². The van der Waals surface area contributed by atoms with Crippen LogP contribution in [0.4, 0.5) is 0 Å². The Kier molecular flexibility index (Phi) is 2.69. The van der Waals surface area contributed by atoms with Crippen LogP contribution in [0, 0.1) is 5.92 Å². The number of hydrogen-bond acceptors (Lipinski definition) is 2. The van der Waals surface area contributed by atoms with Crippen LogP contribution in [0.25, 0.3) is 0 Å². The first-order chi connectivity index (χ1) is 4.68. The second-order valence-electron chi connectivity index (χ2n) is 3.57. The molecule has 1 rings (SSSR count). The van der Waals surface area contributed by atoms with Crippen LogP contribution >= 0.6 is 0 Å². The van der Waals surface area contributed by atoms with Gasteiger partial charge in [-0.1, -0.05) is 6.92 Å². The summed E-state index contributed by atoms with van der Waals surface area (Å²) in [5, 5.41) is 9.35. The highest BCUT2D eigenvalue weighted by molar-refractivity contribution is 4.75. The Morgan fingerprint density at radius 1 is 1.30 bits per heavy atom. The molecule has 0 unspecified atom stereocenters. The van der Waals surface area contributed by atoms with Crippen molar-refractivity contribution in [2.45, 2.75) is 44.8 Å². The summed E-state index contributed by atoms with van der Waals surface area (Å²) in [5.41, 5.74) is 5.73. The van der Waals surface area contributed by atoms with Crippen molar-refractivity contribution in [1.29, 1.82) is 0 Å². The molecule has 0 heterocycles. The fourth-order valence-corrected chi connectivity index (χ4v) is 1.64. The molecule has 3 N–H and O–H groups in total. The zero-order valence-electron chi connectivity index (χ0n) is 6.59. The molecule has 60 valence electrons. The van der Waals surface area contributed by atoms with Gasteiger partial charge in [-0.2, -0.15) is 0 Å². The lowest BCUT2D eigenvalue weighted by Crippen LogP contribution is -2.23. The molecule has 1 saturated carbocycles. The van der Waals surface area contributed by atoms with E-state index >= 15 is 0 Å². The molecule has 2 nitrogen and oxygen atoms in total. The Morgan fingerprint density at radius 3 is 2.70 bits per heavy atom. The van der Waals surface area contributed by atoms with E-state index in [4.69, 9.17) is 5.73 Å². The van der Waals surface area contributed by atoms with E-state index in [-0.39, 0.29) is 12.1 Å². The van der Waals surface area contributed by atoms with E-state index in [0.29, 0.717) is 5.92 Å². The second-order valence-corrected chi connectivity index (χ2v) is 3.57. The summed E-state index contributed by atoms with van der Waals surface area (Å²) in [6.07, 6.45) is 3.85. The standard InChI is InChI=1S/C8H17NO/c1-6-2-3-7(9)5-8(10)4-6/h6-8,10H,2-5,9H2,1H3/t6-,7-,8+/m1/s1. The van der Waals surface area contributed by atoms with Crippen molar-refractivity contribution in [2.75, 3.05) is 0 Å². The van der Waals surface area contributed by atoms with Crippen molar-refractivity contribution >= 4 is 0 Å². The first-order valence-electron chi connectivity index (χ1n) is 4.12. The molecule has 0 bridgehead atoms. The van der Waals surface area contributed by atoms with Crippen LogP contribution in [0.1, 0.15) is 32.6 Å². The second kappa shape index (κ2) is 3.35. The van der Waals surface area contributed by atoms with Gasteiger partial charge < -0.3 is 10.8 Å². The molecular formula is C8H17NO. The minimum atomic E-state index is -0.146. The van der Waals surface area contributed by atoms with Crippen LogP contribution in [0.5, 0.6) is 0 Å². The molecule has 1 aliphatic rings. The van der Waals surface area contributed by atoms with Gasteiger partial charge in [-0.25, -0.2) is 0 Å². The quantitative estimate of drug-likeness (QED) is 0.494. The first-order valence-corrected chi connectivity index (χ1v) is 4.12. The summed E-state index contributed by atoms with van der Waals surface area (Å²) < 4.78 is 0. The predicted molar refractivity (Wildman–Crippen MR) is 41.6 cm³/mol. The van der Waals surface area contributed by atoms with Gasteiger partial charge in [0.25, 0.3) is 0 Å². The lowest BCUT2D eigenvalue weighted by molar-refractivity contribution is 0.140. The lowest BCUT2D eigenvalue weighted by atomic mass is 10.0. The topological polar surface area (TPSA) is 46.2 Å². The molecule has 10 heavy (non-hydrogen) atoms. The van der Waals surface area contributed by atoms with Gasteiger partial charge in [0.1, 0.15) is 0 Å². The molecule has 2 heteroatoms. The fraction of sp³-hybridized carbons (Fsp3) is 1.00. The van der Waals surface area contributed by atoms with Crippen molar-refractivity contribution < 1.29 is 5.11 Å². The zero-order valence-corrected chi connectivity index (χ0v) is 6.59. The van der Waals surface area contributed by atoms with Crippen molar-refractivity contribution in [3.63, 3.8) is 0 Å². The van der Waals surface area contributed by atoms with Crippen LogP contribution in [0.3, 0.4) is 0 Å². The maximum atomic E-state index is 9.35. The molecule has 0 aromatic carbocycles. The number of aliphatic hydroxyl groups is 1. The number of rotatable bonds is 0. The van der Waals surface area contributed by atoms with Gasteiger partial charge in [0.05, 0.1) is 6.10 Å². The zero-order chi connectivity index (χ0) is 7.56. The molecular weight excluding hydrogens is 126 g/mol. The van der Waals surface area contributed by atoms with Gasteiger partial charge in [0.15, 0.2) is 0 Å². The third kappa shape index (κ3) is 2.27. The van der Waals surface area contributed by atoms with Gasteiger partial charge in [-0.3, -0.25) is 0 Å². The molecule has 0 spiro atoms. The third-order valence-corrected chi connectivity index (χ3v) is 2.28. The smallest absolute Gasteiger partial charge is 0.0557 e. The van der Waals surface area contributed by atoms with Gasteiger partial charge in [0, 0.05) is 6.04 Å². The highest BCUT2D eigenvalue weighted by Gasteiger charge is 2.19. The molecule has 0 radical (unpaired) electrons. The Labute approximate surface area is 62.4 Å². The summed E-state index contributed by atoms with van der Waals surface area (Å²) in [6.45, 7) is 2.18. The summed E-state index contributed by atoms with van der Waals surface area (Å²) >= 11 is 0. The Bertz CT molecular complexity index is 93.4. The number of aliphatic hydroxyl groups excluding tert-OH is 1. The first kappa shape index (κ1) is 8.02. The fourth-order valence-electron chi connectivity index (χ4n) is 1.64. The van der Waals surface area contributed by atoms with E-state index in [1.807, 2.05) is 0 Å². The van der Waals surface area contributed by atoms with E-state index < -0.39 is 0 Å². The van der Waals surface area contributed by atoms with Crippen molar-refractivity contribution in [1.82, 2.24) is 0 Å². The highest BCUT2D eigenvalue weighted by Crippen LogP contribution is 2.21. The minimum Gasteiger partial charge on any atom is -0.393 e. The molecule has 0 aromatic heterocycles. The summed E-state index contributed by atoms with van der Waals surface area (Å²) in [4.78, 5) is 0. The van der Waals surface area contributed by atoms with E-state index in [0.717, 1.165) is 19.3 Å². The molecule has 1 fully saturated rings. The van der Waals surface area contributed by atoms with Gasteiger partial charge in [-0.05, 0) is 31.6 Å². The summed E-state index contributed by atoms with van der Waals surface area (Å²) in [7, 11) is 0. The van der Waals surface area contributed by atoms with E-state index in [2.05, 4.69) is 6.92 Å². The summed E-state index contributed by atoms with van der Waals surface area (Å²) in [5.74, 6) is 0.656. The molecule has 0 amide bonds. The molecule has 0 aliphatic heterocycles. The Balaban J connectivity index is 2.38. The van der Waals surface area contributed by atoms with E-state index in [1.165, 1.54) is 6.42 Å². The predicted octanol–water partition coefficient (Wildman–Crippen LogP) is 0.885. The highest BCUT2D eigenvalue weighted by atomic mass is 16.3. The average molecular weight is 143 g/mol. The molecule has 0 saturated heterocycles. The molecule has 0 aromatic rings. The SMILES string of the molecule is C[C@@H]1CC[C@@H](N)C[C@@H](O)C1. The lowest BCUT2D eigenvalue weighted by Gasteiger charge is -2.10. The van der Waals surface area contributed by atoms with Gasteiger partial charge >= 0.3 is 0 Å². The molecule has 1 aliphatic carbocycles. The van der Waals surface area contributed by atoms with Gasteiger partial charge in [0.2, 0.25) is 0 Å². The summed E-state index contributed by atoms with van der Waals surface area (Å²) in [6, 6.07) is 0.236. The average Bonchev–Trinajstić information content (AvgIpc) is 1.93. The van der Waals surface area contributed by atoms with Crippen LogP contribution in [-0.4, -0.2) is 17.3 Å². The van der Waals surface area contributed by atoms with E-state index in [9.17, 15) is 5.11 Å². The van der Waals surface area contributed by atoms with Crippen molar-refractivity contribution in [3.8, 4) is 0 Å². The van der Waals surface area contributed by atoms with Crippen LogP contribution in [0.15, 0.2) is 0 Å².